The van der Waals surface area contributed by atoms with E-state index in [-0.39, 0.29) is 12.6 Å². The van der Waals surface area contributed by atoms with E-state index >= 15 is 0 Å². The summed E-state index contributed by atoms with van der Waals surface area (Å²) in [5, 5.41) is 18.0. The lowest BCUT2D eigenvalue weighted by Gasteiger charge is -2.38. The summed E-state index contributed by atoms with van der Waals surface area (Å²) in [7, 11) is 0. The molecule has 3 heteroatoms. The Morgan fingerprint density at radius 1 is 1.57 bits per heavy atom. The Morgan fingerprint density at radius 2 is 2.36 bits per heavy atom. The molecule has 0 aliphatic carbocycles. The third-order valence-corrected chi connectivity index (χ3v) is 3.07. The Balaban J connectivity index is 2.57. The van der Waals surface area contributed by atoms with Crippen molar-refractivity contribution in [2.45, 2.75) is 51.1 Å². The molecule has 0 bridgehead atoms. The van der Waals surface area contributed by atoms with Crippen molar-refractivity contribution in [3.63, 3.8) is 0 Å². The van der Waals surface area contributed by atoms with Gasteiger partial charge in [0.25, 0.3) is 0 Å². The van der Waals surface area contributed by atoms with E-state index in [2.05, 4.69) is 17.9 Å². The van der Waals surface area contributed by atoms with Gasteiger partial charge in [0.15, 0.2) is 0 Å². The molecule has 1 saturated heterocycles. The zero-order valence-corrected chi connectivity index (χ0v) is 8.95. The van der Waals surface area contributed by atoms with Crippen molar-refractivity contribution in [1.29, 1.82) is 5.26 Å². The number of hydrogen-bond donors (Lipinski definition) is 1. The highest BCUT2D eigenvalue weighted by atomic mass is 16.3. The Kier molecular flexibility index (Phi) is 4.92. The maximum atomic E-state index is 9.01. The lowest BCUT2D eigenvalue weighted by molar-refractivity contribution is 0.0949. The SMILES string of the molecule is CCC(C#N)N1CCCCC1CCO. The van der Waals surface area contributed by atoms with E-state index in [4.69, 9.17) is 10.4 Å². The molecule has 2 unspecified atom stereocenters. The van der Waals surface area contributed by atoms with Crippen LogP contribution >= 0.6 is 0 Å². The van der Waals surface area contributed by atoms with Crippen molar-refractivity contribution in [2.75, 3.05) is 13.2 Å². The molecule has 1 aliphatic rings. The average molecular weight is 196 g/mol. The first-order chi connectivity index (χ1) is 6.83. The van der Waals surface area contributed by atoms with E-state index in [0.29, 0.717) is 6.04 Å². The zero-order chi connectivity index (χ0) is 10.4. The maximum Gasteiger partial charge on any atom is 0.0977 e. The van der Waals surface area contributed by atoms with Crippen LogP contribution in [0.3, 0.4) is 0 Å². The number of aliphatic hydroxyl groups excluding tert-OH is 1. The van der Waals surface area contributed by atoms with E-state index in [1.807, 2.05) is 0 Å². The topological polar surface area (TPSA) is 47.3 Å². The minimum Gasteiger partial charge on any atom is -0.396 e. The highest BCUT2D eigenvalue weighted by Gasteiger charge is 2.27. The van der Waals surface area contributed by atoms with Crippen LogP contribution in [0.4, 0.5) is 0 Å². The van der Waals surface area contributed by atoms with E-state index in [9.17, 15) is 0 Å². The van der Waals surface area contributed by atoms with Crippen LogP contribution in [-0.2, 0) is 0 Å². The predicted octanol–water partition coefficient (Wildman–Crippen LogP) is 1.53. The zero-order valence-electron chi connectivity index (χ0n) is 8.95. The summed E-state index contributed by atoms with van der Waals surface area (Å²) in [4.78, 5) is 2.28. The lowest BCUT2D eigenvalue weighted by atomic mass is 9.97. The number of aliphatic hydroxyl groups is 1. The average Bonchev–Trinajstić information content (AvgIpc) is 2.23. The predicted molar refractivity (Wildman–Crippen MR) is 55.7 cm³/mol. The molecule has 0 aromatic carbocycles. The number of nitriles is 1. The largest absolute Gasteiger partial charge is 0.396 e. The van der Waals surface area contributed by atoms with Crippen LogP contribution < -0.4 is 0 Å². The first-order valence-electron chi connectivity index (χ1n) is 5.59. The summed E-state index contributed by atoms with van der Waals surface area (Å²) in [6.45, 7) is 3.32. The standard InChI is InChI=1S/C11H20N2O/c1-2-10(9-12)13-7-4-3-5-11(13)6-8-14/h10-11,14H,2-8H2,1H3. The molecule has 1 rings (SSSR count). The maximum absolute atomic E-state index is 9.01. The second-order valence-electron chi connectivity index (χ2n) is 3.95. The quantitative estimate of drug-likeness (QED) is 0.741. The molecule has 14 heavy (non-hydrogen) atoms. The van der Waals surface area contributed by atoms with Gasteiger partial charge in [-0.15, -0.1) is 0 Å². The van der Waals surface area contributed by atoms with Crippen LogP contribution in [0.25, 0.3) is 0 Å². The van der Waals surface area contributed by atoms with Gasteiger partial charge in [-0.2, -0.15) is 5.26 Å². The first kappa shape index (κ1) is 11.5. The van der Waals surface area contributed by atoms with Crippen LogP contribution in [0.5, 0.6) is 0 Å². The van der Waals surface area contributed by atoms with Crippen LogP contribution in [-0.4, -0.2) is 35.2 Å². The molecule has 1 aliphatic heterocycles. The fourth-order valence-corrected chi connectivity index (χ4v) is 2.29. The van der Waals surface area contributed by atoms with Gasteiger partial charge in [0, 0.05) is 12.6 Å². The van der Waals surface area contributed by atoms with E-state index in [0.717, 1.165) is 25.8 Å². The Hall–Kier alpha value is -0.590. The summed E-state index contributed by atoms with van der Waals surface area (Å²) in [6.07, 6.45) is 5.28. The highest BCUT2D eigenvalue weighted by molar-refractivity contribution is 4.94. The molecule has 0 radical (unpaired) electrons. The van der Waals surface area contributed by atoms with E-state index in [1.165, 1.54) is 12.8 Å². The Labute approximate surface area is 86.3 Å². The fraction of sp³-hybridized carbons (Fsp3) is 0.909. The monoisotopic (exact) mass is 196 g/mol. The number of nitrogens with zero attached hydrogens (tertiary/aromatic N) is 2. The lowest BCUT2D eigenvalue weighted by Crippen LogP contribution is -2.45. The molecule has 3 nitrogen and oxygen atoms in total. The Bertz CT molecular complexity index is 198. The number of hydrogen-bond acceptors (Lipinski definition) is 3. The minimum atomic E-state index is 0.0480. The molecular formula is C11H20N2O. The second-order valence-corrected chi connectivity index (χ2v) is 3.95. The molecule has 1 heterocycles. The summed E-state index contributed by atoms with van der Waals surface area (Å²) < 4.78 is 0. The van der Waals surface area contributed by atoms with Gasteiger partial charge in [-0.3, -0.25) is 4.90 Å². The van der Waals surface area contributed by atoms with Gasteiger partial charge in [0.1, 0.15) is 0 Å². The molecule has 0 aromatic rings. The summed E-state index contributed by atoms with van der Waals surface area (Å²) >= 11 is 0. The minimum absolute atomic E-state index is 0.0480. The highest BCUT2D eigenvalue weighted by Crippen LogP contribution is 2.22. The molecule has 0 aromatic heterocycles. The van der Waals surface area contributed by atoms with Gasteiger partial charge >= 0.3 is 0 Å². The molecule has 80 valence electrons. The number of piperidine rings is 1. The molecular weight excluding hydrogens is 176 g/mol. The van der Waals surface area contributed by atoms with Crippen molar-refractivity contribution in [3.8, 4) is 6.07 Å². The molecule has 1 N–H and O–H groups in total. The third kappa shape index (κ3) is 2.70. The third-order valence-electron chi connectivity index (χ3n) is 3.07. The van der Waals surface area contributed by atoms with Crippen molar-refractivity contribution in [2.24, 2.45) is 0 Å². The van der Waals surface area contributed by atoms with E-state index in [1.54, 1.807) is 0 Å². The number of rotatable bonds is 4. The molecule has 2 atom stereocenters. The van der Waals surface area contributed by atoms with Crippen LogP contribution in [0, 0.1) is 11.3 Å². The van der Waals surface area contributed by atoms with Gasteiger partial charge in [-0.1, -0.05) is 13.3 Å². The van der Waals surface area contributed by atoms with Crippen molar-refractivity contribution in [3.05, 3.63) is 0 Å². The van der Waals surface area contributed by atoms with E-state index < -0.39 is 0 Å². The summed E-state index contributed by atoms with van der Waals surface area (Å²) in [5.41, 5.74) is 0. The van der Waals surface area contributed by atoms with Crippen LogP contribution in [0.15, 0.2) is 0 Å². The van der Waals surface area contributed by atoms with Gasteiger partial charge < -0.3 is 5.11 Å². The molecule has 1 fully saturated rings. The smallest absolute Gasteiger partial charge is 0.0977 e. The molecule has 0 amide bonds. The van der Waals surface area contributed by atoms with Gasteiger partial charge in [0.2, 0.25) is 0 Å². The number of likely N-dealkylation sites (tertiary alicyclic amines) is 1. The van der Waals surface area contributed by atoms with Crippen molar-refractivity contribution >= 4 is 0 Å². The molecule has 0 saturated carbocycles. The first-order valence-corrected chi connectivity index (χ1v) is 5.59. The Morgan fingerprint density at radius 3 is 2.93 bits per heavy atom. The normalized spacial score (nSPS) is 25.6. The van der Waals surface area contributed by atoms with Gasteiger partial charge in [0.05, 0.1) is 12.1 Å². The fourth-order valence-electron chi connectivity index (χ4n) is 2.29. The van der Waals surface area contributed by atoms with Crippen molar-refractivity contribution < 1.29 is 5.11 Å². The summed E-state index contributed by atoms with van der Waals surface area (Å²) in [6, 6.07) is 2.83. The van der Waals surface area contributed by atoms with Crippen LogP contribution in [0.1, 0.15) is 39.0 Å². The van der Waals surface area contributed by atoms with Crippen molar-refractivity contribution in [1.82, 2.24) is 4.90 Å². The van der Waals surface area contributed by atoms with Crippen LogP contribution in [0.2, 0.25) is 0 Å². The second kappa shape index (κ2) is 6.00. The molecule has 0 spiro atoms. The summed E-state index contributed by atoms with van der Waals surface area (Å²) in [5.74, 6) is 0. The van der Waals surface area contributed by atoms with Gasteiger partial charge in [-0.05, 0) is 32.2 Å². The van der Waals surface area contributed by atoms with Gasteiger partial charge in [-0.25, -0.2) is 0 Å².